The fourth-order valence-electron chi connectivity index (χ4n) is 1.95. The highest BCUT2D eigenvalue weighted by atomic mass is 16.2. The third-order valence-electron chi connectivity index (χ3n) is 3.24. The largest absolute Gasteiger partial charge is 0.352 e. The molecule has 1 fully saturated rings. The molecule has 2 amide bonds. The summed E-state index contributed by atoms with van der Waals surface area (Å²) in [6, 6.07) is 0. The van der Waals surface area contributed by atoms with Crippen LogP contribution in [0.2, 0.25) is 0 Å². The third kappa shape index (κ3) is 3.45. The molecular formula is C13H24N2O2. The van der Waals surface area contributed by atoms with Crippen molar-refractivity contribution in [2.75, 3.05) is 13.1 Å². The second kappa shape index (κ2) is 4.67. The molecule has 0 aromatic rings. The van der Waals surface area contributed by atoms with Crippen LogP contribution in [0.25, 0.3) is 0 Å². The predicted octanol–water partition coefficient (Wildman–Crippen LogP) is 1.55. The Kier molecular flexibility index (Phi) is 3.84. The van der Waals surface area contributed by atoms with Gasteiger partial charge in [0.15, 0.2) is 0 Å². The molecule has 1 N–H and O–H groups in total. The molecule has 1 rings (SSSR count). The van der Waals surface area contributed by atoms with Crippen LogP contribution in [0.5, 0.6) is 0 Å². The second-order valence-electron chi connectivity index (χ2n) is 6.42. The van der Waals surface area contributed by atoms with E-state index in [1.807, 2.05) is 0 Å². The molecule has 0 radical (unpaired) electrons. The lowest BCUT2D eigenvalue weighted by Gasteiger charge is -2.41. The normalized spacial score (nSPS) is 20.1. The first-order valence-electron chi connectivity index (χ1n) is 6.23. The highest BCUT2D eigenvalue weighted by Crippen LogP contribution is 2.24. The molecule has 1 heterocycles. The summed E-state index contributed by atoms with van der Waals surface area (Å²) in [5.74, 6) is 0.0210. The highest BCUT2D eigenvalue weighted by molar-refractivity contribution is 5.91. The summed E-state index contributed by atoms with van der Waals surface area (Å²) in [4.78, 5) is 25.6. The molecule has 0 atom stereocenters. The van der Waals surface area contributed by atoms with E-state index in [0.29, 0.717) is 19.5 Å². The molecule has 4 heteroatoms. The predicted molar refractivity (Wildman–Crippen MR) is 67.5 cm³/mol. The van der Waals surface area contributed by atoms with E-state index in [4.69, 9.17) is 0 Å². The van der Waals surface area contributed by atoms with Crippen molar-refractivity contribution in [3.05, 3.63) is 0 Å². The summed E-state index contributed by atoms with van der Waals surface area (Å²) in [6.45, 7) is 11.1. The van der Waals surface area contributed by atoms with Crippen LogP contribution < -0.4 is 5.32 Å². The molecule has 0 aromatic carbocycles. The minimum absolute atomic E-state index is 0.0622. The molecule has 0 bridgehead atoms. The Balaban J connectivity index is 2.65. The number of nitrogens with zero attached hydrogens (tertiary/aromatic N) is 1. The zero-order valence-corrected chi connectivity index (χ0v) is 11.6. The van der Waals surface area contributed by atoms with Crippen molar-refractivity contribution in [2.24, 2.45) is 5.41 Å². The van der Waals surface area contributed by atoms with E-state index < -0.39 is 5.54 Å². The van der Waals surface area contributed by atoms with Gasteiger partial charge in [-0.25, -0.2) is 0 Å². The van der Waals surface area contributed by atoms with E-state index in [9.17, 15) is 9.59 Å². The van der Waals surface area contributed by atoms with Crippen molar-refractivity contribution in [1.29, 1.82) is 0 Å². The van der Waals surface area contributed by atoms with Crippen molar-refractivity contribution >= 4 is 11.8 Å². The number of rotatable bonds is 2. The van der Waals surface area contributed by atoms with Crippen molar-refractivity contribution in [3.8, 4) is 0 Å². The number of piperazine rings is 1. The van der Waals surface area contributed by atoms with E-state index in [1.165, 1.54) is 0 Å². The first-order chi connectivity index (χ1) is 7.64. The van der Waals surface area contributed by atoms with Crippen molar-refractivity contribution < 1.29 is 9.59 Å². The number of hydrogen-bond acceptors (Lipinski definition) is 2. The molecular weight excluding hydrogens is 216 g/mol. The van der Waals surface area contributed by atoms with Crippen molar-refractivity contribution in [1.82, 2.24) is 10.2 Å². The van der Waals surface area contributed by atoms with Crippen LogP contribution >= 0.6 is 0 Å². The second-order valence-corrected chi connectivity index (χ2v) is 6.42. The van der Waals surface area contributed by atoms with Gasteiger partial charge in [-0.3, -0.25) is 9.59 Å². The standard InChI is InChI=1S/C13H24N2O2/c1-12(2,3)7-6-10(16)15-9-8-14-11(17)13(15,4)5/h6-9H2,1-5H3,(H,14,17). The Morgan fingerprint density at radius 2 is 2.00 bits per heavy atom. The van der Waals surface area contributed by atoms with Crippen LogP contribution in [-0.4, -0.2) is 35.3 Å². The maximum Gasteiger partial charge on any atom is 0.245 e. The minimum atomic E-state index is -0.715. The average molecular weight is 240 g/mol. The van der Waals surface area contributed by atoms with Crippen LogP contribution in [0.15, 0.2) is 0 Å². The van der Waals surface area contributed by atoms with E-state index in [2.05, 4.69) is 26.1 Å². The van der Waals surface area contributed by atoms with E-state index in [-0.39, 0.29) is 17.2 Å². The van der Waals surface area contributed by atoms with Crippen LogP contribution in [0.3, 0.4) is 0 Å². The summed E-state index contributed by atoms with van der Waals surface area (Å²) < 4.78 is 0. The number of hydrogen-bond donors (Lipinski definition) is 1. The quantitative estimate of drug-likeness (QED) is 0.796. The van der Waals surface area contributed by atoms with Gasteiger partial charge in [0.05, 0.1) is 0 Å². The fraction of sp³-hybridized carbons (Fsp3) is 0.846. The van der Waals surface area contributed by atoms with E-state index in [1.54, 1.807) is 18.7 Å². The zero-order chi connectivity index (χ0) is 13.3. The van der Waals surface area contributed by atoms with Crippen molar-refractivity contribution in [3.63, 3.8) is 0 Å². The molecule has 0 spiro atoms. The molecule has 0 saturated carbocycles. The number of nitrogens with one attached hydrogen (secondary N) is 1. The van der Waals surface area contributed by atoms with Crippen LogP contribution in [-0.2, 0) is 9.59 Å². The maximum atomic E-state index is 12.2. The van der Waals surface area contributed by atoms with Crippen molar-refractivity contribution in [2.45, 2.75) is 53.0 Å². The summed E-state index contributed by atoms with van der Waals surface area (Å²) in [7, 11) is 0. The molecule has 4 nitrogen and oxygen atoms in total. The van der Waals surface area contributed by atoms with E-state index >= 15 is 0 Å². The van der Waals surface area contributed by atoms with Crippen LogP contribution in [0.1, 0.15) is 47.5 Å². The monoisotopic (exact) mass is 240 g/mol. The molecule has 0 aromatic heterocycles. The lowest BCUT2D eigenvalue weighted by Crippen LogP contribution is -2.63. The molecule has 98 valence electrons. The number of carbonyl (C=O) groups is 2. The summed E-state index contributed by atoms with van der Waals surface area (Å²) in [5, 5.41) is 2.80. The smallest absolute Gasteiger partial charge is 0.245 e. The summed E-state index contributed by atoms with van der Waals surface area (Å²) >= 11 is 0. The van der Waals surface area contributed by atoms with Gasteiger partial charge in [0, 0.05) is 19.5 Å². The Morgan fingerprint density at radius 1 is 1.41 bits per heavy atom. The first-order valence-corrected chi connectivity index (χ1v) is 6.23. The lowest BCUT2D eigenvalue weighted by atomic mass is 9.89. The SMILES string of the molecule is CC(C)(C)CCC(=O)N1CCNC(=O)C1(C)C. The van der Waals surface area contributed by atoms with Gasteiger partial charge in [0.1, 0.15) is 5.54 Å². The van der Waals surface area contributed by atoms with Crippen LogP contribution in [0.4, 0.5) is 0 Å². The molecule has 0 unspecified atom stereocenters. The van der Waals surface area contributed by atoms with Crippen LogP contribution in [0, 0.1) is 5.41 Å². The number of carbonyl (C=O) groups excluding carboxylic acids is 2. The Hall–Kier alpha value is -1.06. The highest BCUT2D eigenvalue weighted by Gasteiger charge is 2.40. The third-order valence-corrected chi connectivity index (χ3v) is 3.24. The van der Waals surface area contributed by atoms with Gasteiger partial charge in [-0.05, 0) is 25.7 Å². The molecule has 1 aliphatic heterocycles. The zero-order valence-electron chi connectivity index (χ0n) is 11.6. The molecule has 0 aliphatic carbocycles. The Labute approximate surface area is 104 Å². The molecule has 17 heavy (non-hydrogen) atoms. The summed E-state index contributed by atoms with van der Waals surface area (Å²) in [5.41, 5.74) is -0.564. The lowest BCUT2D eigenvalue weighted by molar-refractivity contribution is -0.149. The minimum Gasteiger partial charge on any atom is -0.352 e. The van der Waals surface area contributed by atoms with Gasteiger partial charge in [0.2, 0.25) is 11.8 Å². The van der Waals surface area contributed by atoms with E-state index in [0.717, 1.165) is 6.42 Å². The Bertz CT molecular complexity index is 316. The number of amides is 2. The van der Waals surface area contributed by atoms with Gasteiger partial charge in [-0.1, -0.05) is 20.8 Å². The first kappa shape index (κ1) is 14.0. The molecule has 1 aliphatic rings. The van der Waals surface area contributed by atoms with Gasteiger partial charge in [-0.2, -0.15) is 0 Å². The fourth-order valence-corrected chi connectivity index (χ4v) is 1.95. The Morgan fingerprint density at radius 3 is 2.53 bits per heavy atom. The summed E-state index contributed by atoms with van der Waals surface area (Å²) in [6.07, 6.45) is 1.36. The topological polar surface area (TPSA) is 49.4 Å². The van der Waals surface area contributed by atoms with Gasteiger partial charge < -0.3 is 10.2 Å². The molecule has 1 saturated heterocycles. The van der Waals surface area contributed by atoms with Gasteiger partial charge >= 0.3 is 0 Å². The van der Waals surface area contributed by atoms with Gasteiger partial charge in [0.25, 0.3) is 0 Å². The van der Waals surface area contributed by atoms with Gasteiger partial charge in [-0.15, -0.1) is 0 Å². The average Bonchev–Trinajstić information content (AvgIpc) is 2.17. The maximum absolute atomic E-state index is 12.2.